The molecule has 1 aromatic carbocycles. The van der Waals surface area contributed by atoms with E-state index in [9.17, 15) is 9.59 Å². The molecule has 1 aromatic rings. The molecule has 0 aliphatic heterocycles. The van der Waals surface area contributed by atoms with E-state index in [1.54, 1.807) is 0 Å². The van der Waals surface area contributed by atoms with Crippen LogP contribution in [0.5, 0.6) is 0 Å². The number of hydrogen-bond acceptors (Lipinski definition) is 2. The minimum atomic E-state index is -0.302. The van der Waals surface area contributed by atoms with E-state index < -0.39 is 0 Å². The van der Waals surface area contributed by atoms with Crippen molar-refractivity contribution in [3.05, 3.63) is 88.1 Å². The lowest BCUT2D eigenvalue weighted by Gasteiger charge is -2.17. The van der Waals surface area contributed by atoms with Crippen LogP contribution in [0.2, 0.25) is 0 Å². The van der Waals surface area contributed by atoms with Gasteiger partial charge in [-0.3, -0.25) is 9.59 Å². The fraction of sp³-hybridized carbons (Fsp3) is 0.250. The Bertz CT molecular complexity index is 992. The van der Waals surface area contributed by atoms with E-state index in [0.717, 1.165) is 18.4 Å². The molecule has 0 bridgehead atoms. The van der Waals surface area contributed by atoms with Gasteiger partial charge in [-0.1, -0.05) is 66.3 Å². The van der Waals surface area contributed by atoms with Crippen LogP contribution in [0.1, 0.15) is 42.7 Å². The Hall–Kier alpha value is -3.14. The Balaban J connectivity index is 1.58. The van der Waals surface area contributed by atoms with Crippen molar-refractivity contribution in [2.45, 2.75) is 31.6 Å². The van der Waals surface area contributed by atoms with Crippen LogP contribution < -0.4 is 11.5 Å². The third kappa shape index (κ3) is 3.50. The van der Waals surface area contributed by atoms with Gasteiger partial charge in [0.2, 0.25) is 11.8 Å². The third-order valence-corrected chi connectivity index (χ3v) is 5.80. The van der Waals surface area contributed by atoms with Crippen LogP contribution in [0.15, 0.2) is 76.9 Å². The number of rotatable bonds is 7. The quantitative estimate of drug-likeness (QED) is 0.765. The van der Waals surface area contributed by atoms with Crippen molar-refractivity contribution < 1.29 is 9.59 Å². The highest BCUT2D eigenvalue weighted by molar-refractivity contribution is 5.79. The van der Waals surface area contributed by atoms with E-state index in [1.165, 1.54) is 27.8 Å². The Kier molecular flexibility index (Phi) is 4.86. The van der Waals surface area contributed by atoms with Crippen molar-refractivity contribution in [1.82, 2.24) is 0 Å². The first-order chi connectivity index (χ1) is 13.5. The molecule has 0 saturated heterocycles. The van der Waals surface area contributed by atoms with Crippen LogP contribution in [0.4, 0.5) is 0 Å². The summed E-state index contributed by atoms with van der Waals surface area (Å²) in [5, 5.41) is 0. The molecule has 142 valence electrons. The van der Waals surface area contributed by atoms with Crippen LogP contribution in [0.25, 0.3) is 6.08 Å². The molecule has 4 nitrogen and oxygen atoms in total. The molecule has 28 heavy (non-hydrogen) atoms. The minimum absolute atomic E-state index is 0.0463. The molecule has 0 radical (unpaired) electrons. The van der Waals surface area contributed by atoms with Crippen molar-refractivity contribution >= 4 is 17.9 Å². The van der Waals surface area contributed by atoms with E-state index in [4.69, 9.17) is 11.5 Å². The zero-order valence-corrected chi connectivity index (χ0v) is 15.7. The van der Waals surface area contributed by atoms with Gasteiger partial charge in [0, 0.05) is 24.7 Å². The molecule has 0 aromatic heterocycles. The zero-order chi connectivity index (χ0) is 19.7. The molecular weight excluding hydrogens is 348 g/mol. The summed E-state index contributed by atoms with van der Waals surface area (Å²) in [5.74, 6) is -0.386. The van der Waals surface area contributed by atoms with Crippen molar-refractivity contribution in [1.29, 1.82) is 0 Å². The summed E-state index contributed by atoms with van der Waals surface area (Å²) >= 11 is 0. The second-order valence-electron chi connectivity index (χ2n) is 7.63. The molecular formula is C24H24N2O2. The van der Waals surface area contributed by atoms with Crippen LogP contribution in [0, 0.1) is 5.92 Å². The van der Waals surface area contributed by atoms with Gasteiger partial charge in [0.1, 0.15) is 0 Å². The number of carbonyl (C=O) groups excluding carboxylic acids is 2. The molecule has 4 rings (SSSR count). The summed E-state index contributed by atoms with van der Waals surface area (Å²) in [7, 11) is 0. The van der Waals surface area contributed by atoms with E-state index >= 15 is 0 Å². The highest BCUT2D eigenvalue weighted by atomic mass is 16.1. The fourth-order valence-electron chi connectivity index (χ4n) is 4.58. The highest BCUT2D eigenvalue weighted by Crippen LogP contribution is 2.43. The van der Waals surface area contributed by atoms with E-state index in [0.29, 0.717) is 6.42 Å². The lowest BCUT2D eigenvalue weighted by Crippen LogP contribution is -2.16. The number of nitrogens with two attached hydrogens (primary N) is 2. The van der Waals surface area contributed by atoms with Gasteiger partial charge in [-0.25, -0.2) is 0 Å². The lowest BCUT2D eigenvalue weighted by molar-refractivity contribution is -0.118. The van der Waals surface area contributed by atoms with Gasteiger partial charge in [-0.05, 0) is 40.7 Å². The zero-order valence-electron chi connectivity index (χ0n) is 15.7. The molecule has 4 N–H and O–H groups in total. The highest BCUT2D eigenvalue weighted by Gasteiger charge is 2.29. The smallest absolute Gasteiger partial charge is 0.221 e. The largest absolute Gasteiger partial charge is 0.370 e. The first kappa shape index (κ1) is 18.2. The number of fused-ring (bicyclic) bond motifs is 2. The molecule has 0 spiro atoms. The molecule has 4 heteroatoms. The molecule has 2 unspecified atom stereocenters. The van der Waals surface area contributed by atoms with Gasteiger partial charge >= 0.3 is 0 Å². The summed E-state index contributed by atoms with van der Waals surface area (Å²) in [6.07, 6.45) is 14.9. The van der Waals surface area contributed by atoms with E-state index in [-0.39, 0.29) is 30.1 Å². The summed E-state index contributed by atoms with van der Waals surface area (Å²) in [6.45, 7) is 0. The summed E-state index contributed by atoms with van der Waals surface area (Å²) in [6, 6.07) is 8.17. The Morgan fingerprint density at radius 2 is 1.79 bits per heavy atom. The molecule has 2 atom stereocenters. The molecule has 0 saturated carbocycles. The topological polar surface area (TPSA) is 86.2 Å². The van der Waals surface area contributed by atoms with Crippen molar-refractivity contribution in [2.75, 3.05) is 0 Å². The van der Waals surface area contributed by atoms with Crippen molar-refractivity contribution in [2.24, 2.45) is 17.4 Å². The average Bonchev–Trinajstić information content (AvgIpc) is 3.18. The van der Waals surface area contributed by atoms with Crippen LogP contribution in [0.3, 0.4) is 0 Å². The maximum Gasteiger partial charge on any atom is 0.221 e. The number of carbonyl (C=O) groups is 2. The lowest BCUT2D eigenvalue weighted by atomic mass is 9.87. The number of primary amides is 2. The molecule has 0 heterocycles. The van der Waals surface area contributed by atoms with Gasteiger partial charge < -0.3 is 11.5 Å². The summed E-state index contributed by atoms with van der Waals surface area (Å²) in [5.41, 5.74) is 18.1. The third-order valence-electron chi connectivity index (χ3n) is 5.80. The van der Waals surface area contributed by atoms with Gasteiger partial charge in [0.15, 0.2) is 0 Å². The fourth-order valence-corrected chi connectivity index (χ4v) is 4.58. The maximum absolute atomic E-state index is 11.6. The van der Waals surface area contributed by atoms with Gasteiger partial charge in [0.05, 0.1) is 0 Å². The van der Waals surface area contributed by atoms with Crippen molar-refractivity contribution in [3.8, 4) is 0 Å². The normalized spacial score (nSPS) is 22.0. The SMILES string of the molecule is NC(=O)CC1=C(CCC2=Cc3ccccc3C2CC(N)=O)C=C2C=CC=CC21. The molecule has 0 fully saturated rings. The van der Waals surface area contributed by atoms with Gasteiger partial charge in [-0.15, -0.1) is 0 Å². The monoisotopic (exact) mass is 372 g/mol. The second-order valence-corrected chi connectivity index (χ2v) is 7.63. The Labute approximate surface area is 165 Å². The van der Waals surface area contributed by atoms with Gasteiger partial charge in [-0.2, -0.15) is 0 Å². The minimum Gasteiger partial charge on any atom is -0.370 e. The van der Waals surface area contributed by atoms with E-state index in [1.807, 2.05) is 24.3 Å². The summed E-state index contributed by atoms with van der Waals surface area (Å²) in [4.78, 5) is 23.2. The Morgan fingerprint density at radius 3 is 2.57 bits per heavy atom. The predicted molar refractivity (Wildman–Crippen MR) is 111 cm³/mol. The van der Waals surface area contributed by atoms with E-state index in [2.05, 4.69) is 36.4 Å². The molecule has 2 amide bonds. The maximum atomic E-state index is 11.6. The van der Waals surface area contributed by atoms with Crippen LogP contribution in [-0.4, -0.2) is 11.8 Å². The molecule has 3 aliphatic carbocycles. The standard InChI is InChI=1S/C24H24N2O2/c25-23(27)13-21-17(11-15-5-1-3-7-19(15)21)9-10-18-12-16-6-2-4-8-20(16)22(18)14-24(26)28/h1-8,11-12,19,22H,9-10,13-14H2,(H2,25,27)(H2,26,28). The number of amides is 2. The predicted octanol–water partition coefficient (Wildman–Crippen LogP) is 3.68. The van der Waals surface area contributed by atoms with Crippen LogP contribution >= 0.6 is 0 Å². The van der Waals surface area contributed by atoms with Crippen LogP contribution in [-0.2, 0) is 9.59 Å². The second kappa shape index (κ2) is 7.47. The molecule has 3 aliphatic rings. The number of allylic oxidation sites excluding steroid dienone is 8. The van der Waals surface area contributed by atoms with Crippen molar-refractivity contribution in [3.63, 3.8) is 0 Å². The average molecular weight is 372 g/mol. The first-order valence-electron chi connectivity index (χ1n) is 9.67. The summed E-state index contributed by atoms with van der Waals surface area (Å²) < 4.78 is 0. The number of benzene rings is 1. The first-order valence-corrected chi connectivity index (χ1v) is 9.67. The Morgan fingerprint density at radius 1 is 0.964 bits per heavy atom. The number of hydrogen-bond donors (Lipinski definition) is 2. The van der Waals surface area contributed by atoms with Gasteiger partial charge in [0.25, 0.3) is 0 Å².